The molecule has 2 unspecified atom stereocenters. The van der Waals surface area contributed by atoms with E-state index in [1.165, 1.54) is 25.7 Å². The van der Waals surface area contributed by atoms with Crippen molar-refractivity contribution in [2.75, 3.05) is 19.8 Å². The Bertz CT molecular complexity index is 288. The number of morpholine rings is 1. The van der Waals surface area contributed by atoms with Crippen LogP contribution in [0.3, 0.4) is 0 Å². The Morgan fingerprint density at radius 2 is 2.06 bits per heavy atom. The first-order valence-corrected chi connectivity index (χ1v) is 7.11. The zero-order valence-corrected chi connectivity index (χ0v) is 11.1. The molecular weight excluding hydrogens is 214 g/mol. The number of rotatable bonds is 2. The van der Waals surface area contributed by atoms with Gasteiger partial charge in [0.25, 0.3) is 0 Å². The second-order valence-corrected chi connectivity index (χ2v) is 6.68. The summed E-state index contributed by atoms with van der Waals surface area (Å²) in [6.45, 7) is 6.96. The molecule has 1 N–H and O–H groups in total. The number of ether oxygens (including phenoxy) is 2. The molecule has 3 aliphatic rings. The summed E-state index contributed by atoms with van der Waals surface area (Å²) in [5.74, 6) is 0.926. The van der Waals surface area contributed by atoms with Crippen LogP contribution in [-0.4, -0.2) is 37.0 Å². The summed E-state index contributed by atoms with van der Waals surface area (Å²) in [4.78, 5) is 0. The Hall–Kier alpha value is -0.120. The van der Waals surface area contributed by atoms with Crippen LogP contribution in [0.4, 0.5) is 0 Å². The molecule has 2 saturated heterocycles. The van der Waals surface area contributed by atoms with Crippen LogP contribution in [0, 0.1) is 5.92 Å². The summed E-state index contributed by atoms with van der Waals surface area (Å²) in [5.41, 5.74) is -0.0613. The number of hydrogen-bond donors (Lipinski definition) is 1. The fourth-order valence-corrected chi connectivity index (χ4v) is 3.59. The normalized spacial score (nSPS) is 41.6. The molecular formula is C14H25NO2. The maximum Gasteiger partial charge on any atom is 0.109 e. The lowest BCUT2D eigenvalue weighted by Gasteiger charge is -2.44. The first-order chi connectivity index (χ1) is 8.10. The number of hydrogen-bond acceptors (Lipinski definition) is 3. The van der Waals surface area contributed by atoms with Crippen molar-refractivity contribution in [3.05, 3.63) is 0 Å². The van der Waals surface area contributed by atoms with Gasteiger partial charge >= 0.3 is 0 Å². The summed E-state index contributed by atoms with van der Waals surface area (Å²) in [5, 5.41) is 3.68. The van der Waals surface area contributed by atoms with Gasteiger partial charge in [0.05, 0.1) is 18.8 Å². The SMILES string of the molecule is CC1(C)CC2(CO1)OCCNC2CC1CCC1. The van der Waals surface area contributed by atoms with Gasteiger partial charge < -0.3 is 14.8 Å². The highest BCUT2D eigenvalue weighted by atomic mass is 16.6. The summed E-state index contributed by atoms with van der Waals surface area (Å²) >= 11 is 0. The highest BCUT2D eigenvalue weighted by molar-refractivity contribution is 5.04. The van der Waals surface area contributed by atoms with Crippen molar-refractivity contribution >= 4 is 0 Å². The van der Waals surface area contributed by atoms with Crippen LogP contribution in [-0.2, 0) is 9.47 Å². The zero-order valence-electron chi connectivity index (χ0n) is 11.1. The molecule has 3 fully saturated rings. The topological polar surface area (TPSA) is 30.5 Å². The fraction of sp³-hybridized carbons (Fsp3) is 1.00. The van der Waals surface area contributed by atoms with Crippen molar-refractivity contribution in [2.45, 2.75) is 63.2 Å². The third-order valence-corrected chi connectivity index (χ3v) is 4.74. The molecule has 98 valence electrons. The quantitative estimate of drug-likeness (QED) is 0.800. The van der Waals surface area contributed by atoms with Crippen LogP contribution in [0.5, 0.6) is 0 Å². The molecule has 0 bridgehead atoms. The molecule has 2 aliphatic heterocycles. The predicted molar refractivity (Wildman–Crippen MR) is 67.1 cm³/mol. The van der Waals surface area contributed by atoms with E-state index >= 15 is 0 Å². The van der Waals surface area contributed by atoms with Gasteiger partial charge in [0.1, 0.15) is 5.60 Å². The largest absolute Gasteiger partial charge is 0.372 e. The molecule has 3 nitrogen and oxygen atoms in total. The minimum Gasteiger partial charge on any atom is -0.372 e. The molecule has 0 amide bonds. The average molecular weight is 239 g/mol. The third-order valence-electron chi connectivity index (χ3n) is 4.74. The van der Waals surface area contributed by atoms with Gasteiger partial charge in [-0.1, -0.05) is 19.3 Å². The first kappa shape index (κ1) is 11.9. The zero-order chi connectivity index (χ0) is 11.9. The molecule has 2 heterocycles. The molecule has 0 aromatic carbocycles. The van der Waals surface area contributed by atoms with Gasteiger partial charge in [0.15, 0.2) is 0 Å². The van der Waals surface area contributed by atoms with E-state index in [0.717, 1.165) is 32.1 Å². The second kappa shape index (κ2) is 4.22. The molecule has 0 radical (unpaired) electrons. The summed E-state index contributed by atoms with van der Waals surface area (Å²) < 4.78 is 12.1. The van der Waals surface area contributed by atoms with E-state index in [4.69, 9.17) is 9.47 Å². The van der Waals surface area contributed by atoms with Crippen LogP contribution in [0.25, 0.3) is 0 Å². The van der Waals surface area contributed by atoms with Gasteiger partial charge in [-0.25, -0.2) is 0 Å². The summed E-state index contributed by atoms with van der Waals surface area (Å²) in [6.07, 6.45) is 6.56. The van der Waals surface area contributed by atoms with Crippen molar-refractivity contribution in [1.29, 1.82) is 0 Å². The Balaban J connectivity index is 1.70. The Morgan fingerprint density at radius 3 is 2.65 bits per heavy atom. The maximum atomic E-state index is 6.16. The van der Waals surface area contributed by atoms with E-state index in [1.54, 1.807) is 0 Å². The molecule has 17 heavy (non-hydrogen) atoms. The third kappa shape index (κ3) is 2.25. The first-order valence-electron chi connectivity index (χ1n) is 7.11. The molecule has 1 spiro atoms. The smallest absolute Gasteiger partial charge is 0.109 e. The van der Waals surface area contributed by atoms with Crippen LogP contribution >= 0.6 is 0 Å². The lowest BCUT2D eigenvalue weighted by Crippen LogP contribution is -2.59. The second-order valence-electron chi connectivity index (χ2n) is 6.68. The van der Waals surface area contributed by atoms with Crippen molar-refractivity contribution in [1.82, 2.24) is 5.32 Å². The van der Waals surface area contributed by atoms with Gasteiger partial charge in [-0.05, 0) is 26.2 Å². The lowest BCUT2D eigenvalue weighted by molar-refractivity contribution is -0.104. The van der Waals surface area contributed by atoms with E-state index in [2.05, 4.69) is 19.2 Å². The molecule has 2 atom stereocenters. The summed E-state index contributed by atoms with van der Waals surface area (Å²) in [7, 11) is 0. The minimum absolute atomic E-state index is 0.0170. The van der Waals surface area contributed by atoms with E-state index in [0.29, 0.717) is 6.04 Å². The molecule has 0 aromatic heterocycles. The van der Waals surface area contributed by atoms with E-state index in [1.807, 2.05) is 0 Å². The Labute approximate surface area is 104 Å². The van der Waals surface area contributed by atoms with Crippen molar-refractivity contribution < 1.29 is 9.47 Å². The standard InChI is InChI=1S/C14H25NO2/c1-13(2)9-14(10-17-13)12(15-6-7-16-14)8-11-4-3-5-11/h11-12,15H,3-10H2,1-2H3. The highest BCUT2D eigenvalue weighted by Crippen LogP contribution is 2.42. The predicted octanol–water partition coefficient (Wildman–Crippen LogP) is 2.10. The summed E-state index contributed by atoms with van der Waals surface area (Å²) in [6, 6.07) is 0.503. The van der Waals surface area contributed by atoms with Crippen molar-refractivity contribution in [3.63, 3.8) is 0 Å². The monoisotopic (exact) mass is 239 g/mol. The van der Waals surface area contributed by atoms with Crippen LogP contribution in [0.1, 0.15) is 46.0 Å². The van der Waals surface area contributed by atoms with Crippen LogP contribution < -0.4 is 5.32 Å². The van der Waals surface area contributed by atoms with Gasteiger partial charge in [-0.2, -0.15) is 0 Å². The molecule has 1 aliphatic carbocycles. The lowest BCUT2D eigenvalue weighted by atomic mass is 9.75. The molecule has 1 saturated carbocycles. The van der Waals surface area contributed by atoms with Gasteiger partial charge in [-0.3, -0.25) is 0 Å². The highest BCUT2D eigenvalue weighted by Gasteiger charge is 2.52. The van der Waals surface area contributed by atoms with Crippen LogP contribution in [0.2, 0.25) is 0 Å². The Morgan fingerprint density at radius 1 is 1.24 bits per heavy atom. The van der Waals surface area contributed by atoms with Gasteiger partial charge in [-0.15, -0.1) is 0 Å². The van der Waals surface area contributed by atoms with Gasteiger partial charge in [0, 0.05) is 19.0 Å². The van der Waals surface area contributed by atoms with E-state index in [-0.39, 0.29) is 11.2 Å². The van der Waals surface area contributed by atoms with Crippen molar-refractivity contribution in [3.8, 4) is 0 Å². The number of nitrogens with one attached hydrogen (secondary N) is 1. The molecule has 3 heteroatoms. The van der Waals surface area contributed by atoms with E-state index in [9.17, 15) is 0 Å². The van der Waals surface area contributed by atoms with Crippen molar-refractivity contribution in [2.24, 2.45) is 5.92 Å². The maximum absolute atomic E-state index is 6.16. The Kier molecular flexibility index (Phi) is 2.96. The average Bonchev–Trinajstić information content (AvgIpc) is 2.51. The van der Waals surface area contributed by atoms with Crippen LogP contribution in [0.15, 0.2) is 0 Å². The van der Waals surface area contributed by atoms with E-state index < -0.39 is 0 Å². The van der Waals surface area contributed by atoms with Gasteiger partial charge in [0.2, 0.25) is 0 Å². The molecule has 3 rings (SSSR count). The minimum atomic E-state index is -0.0443. The fourth-order valence-electron chi connectivity index (χ4n) is 3.59. The molecule has 0 aromatic rings.